The lowest BCUT2D eigenvalue weighted by Gasteiger charge is -1.93. The first kappa shape index (κ1) is 7.50. The molecule has 14 heavy (non-hydrogen) atoms. The molecule has 0 bridgehead atoms. The number of aromatic nitrogens is 1. The minimum Gasteiger partial charge on any atom is -0.438 e. The molecule has 1 aromatic carbocycles. The highest BCUT2D eigenvalue weighted by Crippen LogP contribution is 2.26. The topological polar surface area (TPSA) is 43.6 Å². The zero-order valence-corrected chi connectivity index (χ0v) is 7.82. The first-order valence-corrected chi connectivity index (χ1v) is 4.52. The molecule has 0 unspecified atom stereocenters. The summed E-state index contributed by atoms with van der Waals surface area (Å²) >= 11 is 0. The zero-order chi connectivity index (χ0) is 9.71. The number of nitrogen functional groups attached to an aromatic ring is 1. The fourth-order valence-corrected chi connectivity index (χ4v) is 1.81. The summed E-state index contributed by atoms with van der Waals surface area (Å²) in [5.74, 6) is 0. The molecule has 2 aromatic heterocycles. The largest absolute Gasteiger partial charge is 0.438 e. The molecule has 0 aliphatic heterocycles. The predicted molar refractivity (Wildman–Crippen MR) is 56.3 cm³/mol. The van der Waals surface area contributed by atoms with Crippen molar-refractivity contribution in [2.24, 2.45) is 0 Å². The van der Waals surface area contributed by atoms with Crippen LogP contribution in [0.4, 0.5) is 5.69 Å². The Bertz CT molecular complexity index is 619. The van der Waals surface area contributed by atoms with Crippen LogP contribution >= 0.6 is 0 Å². The first-order chi connectivity index (χ1) is 6.77. The maximum absolute atomic E-state index is 5.81. The third-order valence-electron chi connectivity index (χ3n) is 2.57. The highest BCUT2D eigenvalue weighted by molar-refractivity contribution is 5.79. The molecule has 0 amide bonds. The van der Waals surface area contributed by atoms with Crippen molar-refractivity contribution in [1.82, 2.24) is 4.40 Å². The molecule has 0 saturated carbocycles. The molecule has 0 fully saturated rings. The molecular formula is C11H10N2O. The fourth-order valence-electron chi connectivity index (χ4n) is 1.81. The minimum atomic E-state index is 0.773. The van der Waals surface area contributed by atoms with Crippen LogP contribution in [-0.4, -0.2) is 4.40 Å². The summed E-state index contributed by atoms with van der Waals surface area (Å²) in [6, 6.07) is 9.79. The average molecular weight is 186 g/mol. The van der Waals surface area contributed by atoms with Crippen LogP contribution in [0.2, 0.25) is 0 Å². The van der Waals surface area contributed by atoms with Crippen molar-refractivity contribution in [3.05, 3.63) is 36.0 Å². The number of nitrogens with zero attached hydrogens (tertiary/aromatic N) is 1. The van der Waals surface area contributed by atoms with Crippen molar-refractivity contribution in [3.8, 4) is 0 Å². The van der Waals surface area contributed by atoms with Crippen molar-refractivity contribution in [2.75, 3.05) is 5.73 Å². The van der Waals surface area contributed by atoms with Gasteiger partial charge in [0, 0.05) is 11.8 Å². The number of nitrogens with two attached hydrogens (primary N) is 1. The molecule has 2 heterocycles. The normalized spacial score (nSPS) is 11.5. The Morgan fingerprint density at radius 2 is 2.07 bits per heavy atom. The number of hydrogen-bond acceptors (Lipinski definition) is 2. The Morgan fingerprint density at radius 3 is 2.93 bits per heavy atom. The Kier molecular flexibility index (Phi) is 1.24. The van der Waals surface area contributed by atoms with Gasteiger partial charge in [0.25, 0.3) is 0 Å². The Balaban J connectivity index is 2.62. The highest BCUT2D eigenvalue weighted by Gasteiger charge is 2.10. The van der Waals surface area contributed by atoms with Crippen LogP contribution in [-0.2, 0) is 0 Å². The Labute approximate surface area is 80.7 Å². The second-order valence-electron chi connectivity index (χ2n) is 3.43. The van der Waals surface area contributed by atoms with Gasteiger partial charge in [-0.15, -0.1) is 0 Å². The van der Waals surface area contributed by atoms with Gasteiger partial charge < -0.3 is 10.2 Å². The second-order valence-corrected chi connectivity index (χ2v) is 3.43. The summed E-state index contributed by atoms with van der Waals surface area (Å²) in [4.78, 5) is 0. The number of fused-ring (bicyclic) bond motifs is 3. The number of hydrogen-bond donors (Lipinski definition) is 1. The molecule has 0 radical (unpaired) electrons. The zero-order valence-electron chi connectivity index (χ0n) is 7.82. The van der Waals surface area contributed by atoms with E-state index in [1.165, 1.54) is 0 Å². The second kappa shape index (κ2) is 2.32. The molecule has 0 saturated heterocycles. The third kappa shape index (κ3) is 0.763. The lowest BCUT2D eigenvalue weighted by Crippen LogP contribution is -1.88. The number of rotatable bonds is 0. The number of para-hydroxylation sites is 2. The maximum atomic E-state index is 5.81. The molecule has 3 aromatic rings. The van der Waals surface area contributed by atoms with Gasteiger partial charge in [-0.05, 0) is 19.1 Å². The molecule has 0 atom stereocenters. The first-order valence-electron chi connectivity index (χ1n) is 4.52. The number of oxazole rings is 1. The van der Waals surface area contributed by atoms with Crippen molar-refractivity contribution < 1.29 is 4.42 Å². The molecule has 0 spiro atoms. The van der Waals surface area contributed by atoms with E-state index in [0.29, 0.717) is 0 Å². The Morgan fingerprint density at radius 1 is 1.29 bits per heavy atom. The van der Waals surface area contributed by atoms with Crippen LogP contribution in [0.1, 0.15) is 5.69 Å². The molecule has 0 aliphatic carbocycles. The predicted octanol–water partition coefficient (Wildman–Crippen LogP) is 2.58. The van der Waals surface area contributed by atoms with Crippen LogP contribution < -0.4 is 5.73 Å². The van der Waals surface area contributed by atoms with Crippen LogP contribution in [0, 0.1) is 6.92 Å². The van der Waals surface area contributed by atoms with Crippen molar-refractivity contribution in [3.63, 3.8) is 0 Å². The number of anilines is 1. The van der Waals surface area contributed by atoms with E-state index in [4.69, 9.17) is 10.2 Å². The molecule has 3 rings (SSSR count). The maximum Gasteiger partial charge on any atom is 0.207 e. The molecule has 70 valence electrons. The summed E-state index contributed by atoms with van der Waals surface area (Å²) in [6.07, 6.45) is 0. The molecule has 3 nitrogen and oxygen atoms in total. The quantitative estimate of drug-likeness (QED) is 0.586. The standard InChI is InChI=1S/C11H10N2O/c1-7-8(12)6-11-13(7)9-4-2-3-5-10(9)14-11/h2-6H,12H2,1H3. The van der Waals surface area contributed by atoms with Crippen LogP contribution in [0.25, 0.3) is 16.8 Å². The minimum absolute atomic E-state index is 0.773. The van der Waals surface area contributed by atoms with Crippen molar-refractivity contribution >= 4 is 22.5 Å². The molecule has 2 N–H and O–H groups in total. The van der Waals surface area contributed by atoms with Crippen LogP contribution in [0.5, 0.6) is 0 Å². The lowest BCUT2D eigenvalue weighted by atomic mass is 10.3. The molecular weight excluding hydrogens is 176 g/mol. The van der Waals surface area contributed by atoms with Gasteiger partial charge >= 0.3 is 0 Å². The van der Waals surface area contributed by atoms with Gasteiger partial charge in [0.2, 0.25) is 5.71 Å². The van der Waals surface area contributed by atoms with Crippen LogP contribution in [0.15, 0.2) is 34.7 Å². The van der Waals surface area contributed by atoms with E-state index < -0.39 is 0 Å². The van der Waals surface area contributed by atoms with E-state index in [1.807, 2.05) is 41.7 Å². The number of benzene rings is 1. The molecule has 0 aliphatic rings. The lowest BCUT2D eigenvalue weighted by molar-refractivity contribution is 0.655. The average Bonchev–Trinajstić information content (AvgIpc) is 2.65. The molecule has 3 heteroatoms. The SMILES string of the molecule is Cc1c(N)cc2oc3ccccc3n12. The summed E-state index contributed by atoms with van der Waals surface area (Å²) in [6.45, 7) is 1.99. The van der Waals surface area contributed by atoms with Crippen molar-refractivity contribution in [2.45, 2.75) is 6.92 Å². The smallest absolute Gasteiger partial charge is 0.207 e. The van der Waals surface area contributed by atoms with Gasteiger partial charge in [-0.1, -0.05) is 12.1 Å². The van der Waals surface area contributed by atoms with E-state index in [2.05, 4.69) is 0 Å². The summed E-state index contributed by atoms with van der Waals surface area (Å²) in [5, 5.41) is 0. The van der Waals surface area contributed by atoms with Gasteiger partial charge in [-0.3, -0.25) is 4.40 Å². The van der Waals surface area contributed by atoms with Gasteiger partial charge in [0.1, 0.15) is 0 Å². The number of aryl methyl sites for hydroxylation is 1. The summed E-state index contributed by atoms with van der Waals surface area (Å²) < 4.78 is 7.67. The van der Waals surface area contributed by atoms with E-state index >= 15 is 0 Å². The van der Waals surface area contributed by atoms with Crippen LogP contribution in [0.3, 0.4) is 0 Å². The van der Waals surface area contributed by atoms with E-state index in [-0.39, 0.29) is 0 Å². The third-order valence-corrected chi connectivity index (χ3v) is 2.57. The highest BCUT2D eigenvalue weighted by atomic mass is 16.3. The van der Waals surface area contributed by atoms with Gasteiger partial charge in [0.15, 0.2) is 5.58 Å². The Hall–Kier alpha value is -1.90. The monoisotopic (exact) mass is 186 g/mol. The summed E-state index contributed by atoms with van der Waals surface area (Å²) in [5.41, 5.74) is 10.4. The van der Waals surface area contributed by atoms with Gasteiger partial charge in [0.05, 0.1) is 11.2 Å². The van der Waals surface area contributed by atoms with E-state index in [1.54, 1.807) is 0 Å². The van der Waals surface area contributed by atoms with Gasteiger partial charge in [-0.25, -0.2) is 0 Å². The van der Waals surface area contributed by atoms with Crippen molar-refractivity contribution in [1.29, 1.82) is 0 Å². The summed E-state index contributed by atoms with van der Waals surface area (Å²) in [7, 11) is 0. The van der Waals surface area contributed by atoms with E-state index in [0.717, 1.165) is 28.2 Å². The van der Waals surface area contributed by atoms with E-state index in [9.17, 15) is 0 Å². The fraction of sp³-hybridized carbons (Fsp3) is 0.0909. The van der Waals surface area contributed by atoms with Gasteiger partial charge in [-0.2, -0.15) is 0 Å².